The van der Waals surface area contributed by atoms with Gasteiger partial charge >= 0.3 is 6.18 Å². The van der Waals surface area contributed by atoms with Crippen LogP contribution in [0.3, 0.4) is 0 Å². The Balaban J connectivity index is 2.16. The van der Waals surface area contributed by atoms with Gasteiger partial charge in [0.05, 0.1) is 25.9 Å². The molecular formula is C20H19F3N4O2S. The monoisotopic (exact) mass is 436 g/mol. The fourth-order valence-corrected chi connectivity index (χ4v) is 3.96. The van der Waals surface area contributed by atoms with E-state index < -0.39 is 27.1 Å². The summed E-state index contributed by atoms with van der Waals surface area (Å²) in [6.07, 6.45) is -1.73. The minimum atomic E-state index is -4.50. The fourth-order valence-electron chi connectivity index (χ4n) is 2.81. The number of fused-ring (bicyclic) bond motifs is 1. The van der Waals surface area contributed by atoms with Crippen molar-refractivity contribution in [3.8, 4) is 23.1 Å². The number of nitriles is 1. The average Bonchev–Trinajstić information content (AvgIpc) is 3.10. The van der Waals surface area contributed by atoms with Crippen LogP contribution in [0.4, 0.5) is 13.2 Å². The van der Waals surface area contributed by atoms with Gasteiger partial charge in [-0.05, 0) is 44.2 Å². The maximum atomic E-state index is 13.0. The van der Waals surface area contributed by atoms with E-state index >= 15 is 0 Å². The topological polar surface area (TPSA) is 91.2 Å². The molecule has 30 heavy (non-hydrogen) atoms. The number of imidazole rings is 1. The van der Waals surface area contributed by atoms with Crippen molar-refractivity contribution in [2.75, 3.05) is 5.75 Å². The Hall–Kier alpha value is -3.06. The first-order chi connectivity index (χ1) is 13.9. The zero-order chi connectivity index (χ0) is 22.3. The number of alkyl halides is 3. The standard InChI is InChI=1S/C20H19F3N4O2S/c1-4-30(25,28)17-10-14(29-19(2,3)12-24)5-6-15(17)16-11-27-8-7-13(20(21,22)23)9-18(27)26-16/h5-11,25H,4H2,1-3H3. The summed E-state index contributed by atoms with van der Waals surface area (Å²) in [6.45, 7) is 4.74. The van der Waals surface area contributed by atoms with E-state index in [4.69, 9.17) is 14.8 Å². The molecule has 1 unspecified atom stereocenters. The first-order valence-electron chi connectivity index (χ1n) is 8.93. The number of benzene rings is 1. The van der Waals surface area contributed by atoms with E-state index in [-0.39, 0.29) is 27.7 Å². The molecule has 10 heteroatoms. The lowest BCUT2D eigenvalue weighted by atomic mass is 10.1. The van der Waals surface area contributed by atoms with E-state index in [2.05, 4.69) is 4.98 Å². The minimum Gasteiger partial charge on any atom is -0.473 e. The van der Waals surface area contributed by atoms with Gasteiger partial charge in [0, 0.05) is 23.7 Å². The molecule has 0 radical (unpaired) electrons. The Morgan fingerprint density at radius 1 is 1.27 bits per heavy atom. The fraction of sp³-hybridized carbons (Fsp3) is 0.300. The van der Waals surface area contributed by atoms with Crippen LogP contribution in [0.25, 0.3) is 16.9 Å². The number of aromatic nitrogens is 2. The van der Waals surface area contributed by atoms with Crippen LogP contribution < -0.4 is 4.74 Å². The zero-order valence-electron chi connectivity index (χ0n) is 16.4. The molecule has 2 heterocycles. The summed E-state index contributed by atoms with van der Waals surface area (Å²) < 4.78 is 67.1. The van der Waals surface area contributed by atoms with Crippen LogP contribution in [0.5, 0.6) is 5.75 Å². The molecule has 0 aliphatic carbocycles. The molecule has 158 valence electrons. The van der Waals surface area contributed by atoms with Crippen LogP contribution in [0.15, 0.2) is 47.6 Å². The molecule has 0 saturated heterocycles. The third-order valence-corrected chi connectivity index (χ3v) is 6.28. The van der Waals surface area contributed by atoms with Crippen molar-refractivity contribution in [2.45, 2.75) is 37.4 Å². The van der Waals surface area contributed by atoms with Crippen molar-refractivity contribution in [1.29, 1.82) is 10.0 Å². The molecule has 3 rings (SSSR count). The van der Waals surface area contributed by atoms with Gasteiger partial charge in [0.25, 0.3) is 0 Å². The predicted octanol–water partition coefficient (Wildman–Crippen LogP) is 5.13. The van der Waals surface area contributed by atoms with Crippen molar-refractivity contribution in [3.63, 3.8) is 0 Å². The first-order valence-corrected chi connectivity index (χ1v) is 10.7. The highest BCUT2D eigenvalue weighted by molar-refractivity contribution is 7.92. The number of pyridine rings is 1. The first kappa shape index (κ1) is 21.6. The lowest BCUT2D eigenvalue weighted by Crippen LogP contribution is -2.25. The summed E-state index contributed by atoms with van der Waals surface area (Å²) in [5, 5.41) is 9.16. The number of nitrogens with zero attached hydrogens (tertiary/aromatic N) is 3. The molecule has 2 aromatic heterocycles. The highest BCUT2D eigenvalue weighted by Crippen LogP contribution is 2.34. The van der Waals surface area contributed by atoms with E-state index in [1.54, 1.807) is 32.9 Å². The van der Waals surface area contributed by atoms with E-state index in [0.29, 0.717) is 5.56 Å². The molecule has 0 spiro atoms. The average molecular weight is 436 g/mol. The second-order valence-corrected chi connectivity index (χ2v) is 9.52. The third-order valence-electron chi connectivity index (χ3n) is 4.42. The molecule has 3 aromatic rings. The molecule has 0 fully saturated rings. The van der Waals surface area contributed by atoms with E-state index in [9.17, 15) is 17.4 Å². The van der Waals surface area contributed by atoms with E-state index in [1.807, 2.05) is 6.07 Å². The summed E-state index contributed by atoms with van der Waals surface area (Å²) in [6, 6.07) is 8.39. The van der Waals surface area contributed by atoms with Gasteiger partial charge in [-0.15, -0.1) is 0 Å². The molecule has 0 aliphatic heterocycles. The Kier molecular flexibility index (Phi) is 5.28. The molecular weight excluding hydrogens is 417 g/mol. The third kappa shape index (κ3) is 4.26. The van der Waals surface area contributed by atoms with Crippen molar-refractivity contribution in [2.24, 2.45) is 0 Å². The van der Waals surface area contributed by atoms with Crippen LogP contribution >= 0.6 is 0 Å². The zero-order valence-corrected chi connectivity index (χ0v) is 17.3. The van der Waals surface area contributed by atoms with Crippen LogP contribution in [0.1, 0.15) is 26.3 Å². The van der Waals surface area contributed by atoms with Gasteiger partial charge in [0.2, 0.25) is 0 Å². The van der Waals surface area contributed by atoms with Crippen LogP contribution in [0, 0.1) is 16.1 Å². The number of rotatable bonds is 5. The second-order valence-electron chi connectivity index (χ2n) is 7.15. The highest BCUT2D eigenvalue weighted by atomic mass is 32.2. The van der Waals surface area contributed by atoms with Crippen molar-refractivity contribution in [3.05, 3.63) is 48.3 Å². The van der Waals surface area contributed by atoms with Gasteiger partial charge in [-0.1, -0.05) is 6.92 Å². The largest absolute Gasteiger partial charge is 0.473 e. The molecule has 1 atom stereocenters. The maximum Gasteiger partial charge on any atom is 0.416 e. The summed E-state index contributed by atoms with van der Waals surface area (Å²) in [5.74, 6) is 0.285. The van der Waals surface area contributed by atoms with Crippen molar-refractivity contribution < 1.29 is 22.1 Å². The van der Waals surface area contributed by atoms with E-state index in [1.165, 1.54) is 22.9 Å². The Bertz CT molecular complexity index is 1260. The summed E-state index contributed by atoms with van der Waals surface area (Å²) >= 11 is 0. The number of hydrogen-bond acceptors (Lipinski definition) is 5. The van der Waals surface area contributed by atoms with E-state index in [0.717, 1.165) is 12.1 Å². The summed E-state index contributed by atoms with van der Waals surface area (Å²) in [5.41, 5.74) is -1.25. The Morgan fingerprint density at radius 2 is 1.97 bits per heavy atom. The molecule has 0 amide bonds. The van der Waals surface area contributed by atoms with Crippen molar-refractivity contribution in [1.82, 2.24) is 9.38 Å². The van der Waals surface area contributed by atoms with Gasteiger partial charge in [-0.3, -0.25) is 0 Å². The second kappa shape index (κ2) is 7.32. The lowest BCUT2D eigenvalue weighted by Gasteiger charge is -2.20. The normalized spacial score (nSPS) is 14.3. The van der Waals surface area contributed by atoms with Crippen LogP contribution in [0.2, 0.25) is 0 Å². The number of halogens is 3. The number of nitrogens with one attached hydrogen (secondary N) is 1. The number of ether oxygens (including phenoxy) is 1. The molecule has 6 nitrogen and oxygen atoms in total. The van der Waals surface area contributed by atoms with Crippen LogP contribution in [-0.2, 0) is 15.9 Å². The van der Waals surface area contributed by atoms with Gasteiger partial charge in [0.15, 0.2) is 5.60 Å². The van der Waals surface area contributed by atoms with Gasteiger partial charge < -0.3 is 9.14 Å². The SMILES string of the molecule is CCS(=N)(=O)c1cc(OC(C)(C)C#N)ccc1-c1cn2ccc(C(F)(F)F)cc2n1. The predicted molar refractivity (Wildman–Crippen MR) is 106 cm³/mol. The molecule has 0 saturated carbocycles. The summed E-state index contributed by atoms with van der Waals surface area (Å²) in [4.78, 5) is 4.40. The van der Waals surface area contributed by atoms with Gasteiger partial charge in [-0.25, -0.2) is 14.0 Å². The van der Waals surface area contributed by atoms with Gasteiger partial charge in [0.1, 0.15) is 17.5 Å². The minimum absolute atomic E-state index is 0.0245. The highest BCUT2D eigenvalue weighted by Gasteiger charge is 2.31. The quantitative estimate of drug-likeness (QED) is 0.600. The molecule has 0 bridgehead atoms. The lowest BCUT2D eigenvalue weighted by molar-refractivity contribution is -0.137. The number of hydrogen-bond donors (Lipinski definition) is 1. The molecule has 1 aromatic carbocycles. The Morgan fingerprint density at radius 3 is 2.57 bits per heavy atom. The molecule has 0 aliphatic rings. The van der Waals surface area contributed by atoms with Gasteiger partial charge in [-0.2, -0.15) is 18.4 Å². The van der Waals surface area contributed by atoms with Crippen LogP contribution in [-0.4, -0.2) is 24.9 Å². The maximum absolute atomic E-state index is 13.0. The Labute approximate surface area is 171 Å². The van der Waals surface area contributed by atoms with Crippen molar-refractivity contribution >= 4 is 15.4 Å². The summed E-state index contributed by atoms with van der Waals surface area (Å²) in [7, 11) is -3.22. The molecule has 1 N–H and O–H groups in total. The smallest absolute Gasteiger partial charge is 0.416 e.